The molecule has 0 aromatic heterocycles. The minimum atomic E-state index is -0.371. The summed E-state index contributed by atoms with van der Waals surface area (Å²) in [5.74, 6) is 0. The van der Waals surface area contributed by atoms with Crippen LogP contribution in [0, 0.1) is 0 Å². The fourth-order valence-corrected chi connectivity index (χ4v) is 6.15. The number of hydrogen-bond donors (Lipinski definition) is 0. The van der Waals surface area contributed by atoms with Gasteiger partial charge in [-0.2, -0.15) is 0 Å². The van der Waals surface area contributed by atoms with E-state index < -0.39 is 0 Å². The van der Waals surface area contributed by atoms with Gasteiger partial charge in [-0.3, -0.25) is 0 Å². The molecule has 0 nitrogen and oxygen atoms in total. The molecular weight excluding hydrogens is 407 g/mol. The highest BCUT2D eigenvalue weighted by atomic mass is 14.5. The highest BCUT2D eigenvalue weighted by molar-refractivity contribution is 6.32. The Bertz CT molecular complexity index is 1610. The van der Waals surface area contributed by atoms with Crippen molar-refractivity contribution in [3.05, 3.63) is 144 Å². The summed E-state index contributed by atoms with van der Waals surface area (Å²) in [7, 11) is 6.40. The molecule has 1 unspecified atom stereocenters. The first-order valence-electron chi connectivity index (χ1n) is 11.7. The van der Waals surface area contributed by atoms with E-state index in [1.54, 1.807) is 0 Å². The van der Waals surface area contributed by atoms with E-state index in [1.807, 2.05) is 12.1 Å². The molecule has 156 valence electrons. The second kappa shape index (κ2) is 6.95. The molecule has 1 atom stereocenters. The molecule has 0 N–H and O–H groups in total. The van der Waals surface area contributed by atoms with Gasteiger partial charge in [0.1, 0.15) is 7.85 Å². The number of rotatable bonds is 2. The van der Waals surface area contributed by atoms with Crippen molar-refractivity contribution in [1.29, 1.82) is 0 Å². The van der Waals surface area contributed by atoms with Gasteiger partial charge in [-0.25, -0.2) is 0 Å². The van der Waals surface area contributed by atoms with Gasteiger partial charge in [-0.05, 0) is 67.3 Å². The van der Waals surface area contributed by atoms with Crippen molar-refractivity contribution < 1.29 is 0 Å². The maximum absolute atomic E-state index is 6.40. The average molecular weight is 428 g/mol. The molecule has 34 heavy (non-hydrogen) atoms. The third kappa shape index (κ3) is 2.39. The van der Waals surface area contributed by atoms with Crippen LogP contribution in [0.2, 0.25) is 0 Å². The van der Waals surface area contributed by atoms with Crippen LogP contribution >= 0.6 is 0 Å². The van der Waals surface area contributed by atoms with Crippen LogP contribution in [0.4, 0.5) is 0 Å². The van der Waals surface area contributed by atoms with Crippen LogP contribution in [0.3, 0.4) is 0 Å². The molecule has 0 amide bonds. The Balaban J connectivity index is 1.59. The minimum absolute atomic E-state index is 0.371. The zero-order valence-electron chi connectivity index (χ0n) is 18.8. The van der Waals surface area contributed by atoms with E-state index in [4.69, 9.17) is 7.85 Å². The van der Waals surface area contributed by atoms with E-state index >= 15 is 0 Å². The van der Waals surface area contributed by atoms with Crippen LogP contribution in [0.25, 0.3) is 39.5 Å². The van der Waals surface area contributed by atoms with Crippen molar-refractivity contribution in [3.63, 3.8) is 0 Å². The molecule has 1 heteroatoms. The summed E-state index contributed by atoms with van der Waals surface area (Å²) in [6.45, 7) is 3.89. The van der Waals surface area contributed by atoms with Crippen molar-refractivity contribution in [1.82, 2.24) is 0 Å². The van der Waals surface area contributed by atoms with Crippen molar-refractivity contribution in [3.8, 4) is 33.4 Å². The molecule has 2 aliphatic carbocycles. The maximum atomic E-state index is 6.40. The average Bonchev–Trinajstić information content (AvgIpc) is 3.35. The van der Waals surface area contributed by atoms with Crippen molar-refractivity contribution >= 4 is 19.4 Å². The molecule has 2 aliphatic rings. The highest BCUT2D eigenvalue weighted by Crippen LogP contribution is 2.62. The van der Waals surface area contributed by atoms with Crippen LogP contribution in [0.5, 0.6) is 0 Å². The van der Waals surface area contributed by atoms with E-state index in [0.29, 0.717) is 0 Å². The largest absolute Gasteiger partial charge is 0.113 e. The van der Waals surface area contributed by atoms with Gasteiger partial charge >= 0.3 is 0 Å². The summed E-state index contributed by atoms with van der Waals surface area (Å²) in [6, 6.07) is 39.7. The lowest BCUT2D eigenvalue weighted by atomic mass is 9.69. The fraction of sp³-hybridized carbons (Fsp3) is 0.0303. The molecule has 0 saturated heterocycles. The molecule has 0 bridgehead atoms. The van der Waals surface area contributed by atoms with E-state index in [2.05, 4.69) is 110 Å². The molecule has 7 rings (SSSR count). The lowest BCUT2D eigenvalue weighted by Crippen LogP contribution is -2.27. The Kier molecular flexibility index (Phi) is 3.96. The van der Waals surface area contributed by atoms with Gasteiger partial charge < -0.3 is 0 Å². The van der Waals surface area contributed by atoms with Crippen LogP contribution in [0.15, 0.2) is 116 Å². The Labute approximate surface area is 201 Å². The van der Waals surface area contributed by atoms with Crippen molar-refractivity contribution in [2.75, 3.05) is 0 Å². The van der Waals surface area contributed by atoms with Gasteiger partial charge in [-0.15, -0.1) is 0 Å². The van der Waals surface area contributed by atoms with E-state index in [1.165, 1.54) is 55.6 Å². The molecule has 2 radical (unpaired) electrons. The first-order chi connectivity index (χ1) is 16.7. The fourth-order valence-electron chi connectivity index (χ4n) is 6.15. The first kappa shape index (κ1) is 19.4. The predicted molar refractivity (Wildman–Crippen MR) is 144 cm³/mol. The monoisotopic (exact) mass is 428 g/mol. The van der Waals surface area contributed by atoms with Gasteiger partial charge in [-0.1, -0.05) is 121 Å². The first-order valence-corrected chi connectivity index (χ1v) is 11.7. The molecule has 5 aromatic rings. The molecule has 0 aliphatic heterocycles. The smallest absolute Gasteiger partial charge is 0.0985 e. The SMILES string of the molecule is [B]c1ccc2c(c1)C1(c3ccccc3-2)c2ccccc2-c2ccc(-c3ccc(C=C)cc3)cc21. The molecule has 5 aromatic carbocycles. The summed E-state index contributed by atoms with van der Waals surface area (Å²) in [5.41, 5.74) is 14.4. The van der Waals surface area contributed by atoms with E-state index in [0.717, 1.165) is 11.0 Å². The second-order valence-corrected chi connectivity index (χ2v) is 9.23. The zero-order chi connectivity index (χ0) is 22.9. The Hall–Kier alpha value is -4.10. The van der Waals surface area contributed by atoms with Gasteiger partial charge in [0.05, 0.1) is 5.41 Å². The van der Waals surface area contributed by atoms with E-state index in [-0.39, 0.29) is 5.41 Å². The topological polar surface area (TPSA) is 0 Å². The van der Waals surface area contributed by atoms with Crippen LogP contribution in [0.1, 0.15) is 27.8 Å². The summed E-state index contributed by atoms with van der Waals surface area (Å²) < 4.78 is 0. The predicted octanol–water partition coefficient (Wildman–Crippen LogP) is 7.13. The molecule has 0 fully saturated rings. The van der Waals surface area contributed by atoms with Crippen LogP contribution in [-0.4, -0.2) is 7.85 Å². The Morgan fingerprint density at radius 2 is 1.06 bits per heavy atom. The Morgan fingerprint density at radius 1 is 0.529 bits per heavy atom. The van der Waals surface area contributed by atoms with Crippen molar-refractivity contribution in [2.45, 2.75) is 5.41 Å². The summed E-state index contributed by atoms with van der Waals surface area (Å²) >= 11 is 0. The maximum Gasteiger partial charge on any atom is 0.113 e. The zero-order valence-corrected chi connectivity index (χ0v) is 18.8. The Morgan fingerprint density at radius 3 is 1.71 bits per heavy atom. The molecule has 0 heterocycles. The summed E-state index contributed by atoms with van der Waals surface area (Å²) in [4.78, 5) is 0. The van der Waals surface area contributed by atoms with Gasteiger partial charge in [0.15, 0.2) is 0 Å². The lowest BCUT2D eigenvalue weighted by Gasteiger charge is -2.31. The molecule has 0 saturated carbocycles. The number of benzene rings is 5. The van der Waals surface area contributed by atoms with Crippen molar-refractivity contribution in [2.24, 2.45) is 0 Å². The highest BCUT2D eigenvalue weighted by Gasteiger charge is 2.51. The normalized spacial score (nSPS) is 16.6. The standard InChI is InChI=1S/C33H21B/c1-2-21-11-13-22(14-12-21)23-15-17-27-25-7-3-5-9-29(25)33(31(27)19-23)30-10-6-4-8-26(30)28-18-16-24(34)20-32(28)33/h2-20H,1H2. The number of hydrogen-bond acceptors (Lipinski definition) is 0. The third-order valence-corrected chi connectivity index (χ3v) is 7.59. The summed E-state index contributed by atoms with van der Waals surface area (Å²) in [5, 5.41) is 0. The van der Waals surface area contributed by atoms with Gasteiger partial charge in [0, 0.05) is 0 Å². The summed E-state index contributed by atoms with van der Waals surface area (Å²) in [6.07, 6.45) is 1.88. The van der Waals surface area contributed by atoms with Crippen LogP contribution < -0.4 is 5.46 Å². The lowest BCUT2D eigenvalue weighted by molar-refractivity contribution is 0.795. The van der Waals surface area contributed by atoms with Crippen LogP contribution in [-0.2, 0) is 5.41 Å². The van der Waals surface area contributed by atoms with Gasteiger partial charge in [0.25, 0.3) is 0 Å². The van der Waals surface area contributed by atoms with E-state index in [9.17, 15) is 0 Å². The quantitative estimate of drug-likeness (QED) is 0.257. The molecular formula is C33H21B. The van der Waals surface area contributed by atoms with Gasteiger partial charge in [0.2, 0.25) is 0 Å². The minimum Gasteiger partial charge on any atom is -0.0985 e. The third-order valence-electron chi connectivity index (χ3n) is 7.59. The second-order valence-electron chi connectivity index (χ2n) is 9.23. The number of fused-ring (bicyclic) bond motifs is 10. The molecule has 1 spiro atoms.